The van der Waals surface area contributed by atoms with E-state index in [0.29, 0.717) is 0 Å². The van der Waals surface area contributed by atoms with Crippen molar-refractivity contribution in [3.63, 3.8) is 0 Å². The number of aromatic nitrogens is 2. The third-order valence-corrected chi connectivity index (χ3v) is 16.0. The van der Waals surface area contributed by atoms with E-state index >= 15 is 0 Å². The van der Waals surface area contributed by atoms with Gasteiger partial charge in [-0.3, -0.25) is 0 Å². The second-order valence-electron chi connectivity index (χ2n) is 16.9. The molecule has 10 aromatic carbocycles. The lowest BCUT2D eigenvalue weighted by atomic mass is 9.91. The van der Waals surface area contributed by atoms with Gasteiger partial charge in [0.05, 0.1) is 11.0 Å². The Labute approximate surface area is 379 Å². The summed E-state index contributed by atoms with van der Waals surface area (Å²) in [4.78, 5) is 0. The van der Waals surface area contributed by atoms with Crippen LogP contribution in [0.4, 0.5) is 0 Å². The zero-order chi connectivity index (χ0) is 42.5. The van der Waals surface area contributed by atoms with Crippen LogP contribution in [-0.4, -0.2) is 9.13 Å². The van der Waals surface area contributed by atoms with Gasteiger partial charge < -0.3 is 9.13 Å². The normalized spacial score (nSPS) is 12.0. The monoisotopic (exact) mass is 854 g/mol. The van der Waals surface area contributed by atoms with Crippen LogP contribution in [0.3, 0.4) is 0 Å². The summed E-state index contributed by atoms with van der Waals surface area (Å²) >= 11 is 3.81. The van der Waals surface area contributed by atoms with Crippen molar-refractivity contribution < 1.29 is 0 Å². The molecular formula is C60H42N2S2. The Bertz CT molecular complexity index is 3770. The van der Waals surface area contributed by atoms with Gasteiger partial charge in [0.1, 0.15) is 0 Å². The number of rotatable bonds is 6. The summed E-state index contributed by atoms with van der Waals surface area (Å²) in [5.41, 5.74) is 14.8. The minimum atomic E-state index is 0.784. The van der Waals surface area contributed by atoms with Gasteiger partial charge >= 0.3 is 0 Å². The van der Waals surface area contributed by atoms with Gasteiger partial charge in [-0.1, -0.05) is 158 Å². The fraction of sp³-hybridized carbons (Fsp3) is 0.0667. The largest absolute Gasteiger partial charge is 0.341 e. The fourth-order valence-corrected chi connectivity index (χ4v) is 13.2. The van der Waals surface area contributed by atoms with Crippen LogP contribution in [0.1, 0.15) is 13.8 Å². The Kier molecular flexibility index (Phi) is 8.56. The Morgan fingerprint density at radius 3 is 1.16 bits per heavy atom. The highest BCUT2D eigenvalue weighted by Crippen LogP contribution is 2.47. The van der Waals surface area contributed by atoms with Crippen LogP contribution in [0.15, 0.2) is 194 Å². The maximum Gasteiger partial charge on any atom is 0.0571 e. The lowest BCUT2D eigenvalue weighted by Gasteiger charge is -2.23. The minimum Gasteiger partial charge on any atom is -0.341 e. The summed E-state index contributed by atoms with van der Waals surface area (Å²) in [6, 6.07) is 73.1. The van der Waals surface area contributed by atoms with E-state index in [1.807, 2.05) is 22.7 Å². The molecule has 0 N–H and O–H groups in total. The lowest BCUT2D eigenvalue weighted by molar-refractivity contribution is 0.817. The SMILES string of the molecule is CCn1c2cc(-c3ccccc3)c3ccc(-c4cccc5c4sc4ccccc45)c(c3c2)n(CC)c2cc(-c3ccccc3)c3ccc(-c4cccc5c4sc4ccccc45)c1c3c2. The number of hydrogen-bond donors (Lipinski definition) is 0. The van der Waals surface area contributed by atoms with Crippen LogP contribution in [-0.2, 0) is 13.1 Å². The first kappa shape index (κ1) is 37.3. The van der Waals surface area contributed by atoms with Crippen molar-refractivity contribution >= 4 is 107 Å². The van der Waals surface area contributed by atoms with Gasteiger partial charge in [-0.25, -0.2) is 0 Å². The van der Waals surface area contributed by atoms with E-state index in [1.165, 1.54) is 128 Å². The number of aryl methyl sites for hydroxylation is 2. The predicted octanol–water partition coefficient (Wildman–Crippen LogP) is 17.9. The zero-order valence-corrected chi connectivity index (χ0v) is 37.2. The van der Waals surface area contributed by atoms with Crippen molar-refractivity contribution in [3.05, 3.63) is 194 Å². The van der Waals surface area contributed by atoms with Gasteiger partial charge in [-0.15, -0.1) is 22.7 Å². The highest BCUT2D eigenvalue weighted by molar-refractivity contribution is 7.26. The quantitative estimate of drug-likeness (QED) is 0.158. The maximum absolute atomic E-state index is 2.61. The second kappa shape index (κ2) is 14.7. The molecule has 3 aromatic heterocycles. The third-order valence-electron chi connectivity index (χ3n) is 13.5. The molecule has 0 radical (unpaired) electrons. The molecule has 0 atom stereocenters. The molecular weight excluding hydrogens is 813 g/mol. The number of thiophene rings is 2. The van der Waals surface area contributed by atoms with Crippen molar-refractivity contribution in [1.82, 2.24) is 9.13 Å². The van der Waals surface area contributed by atoms with Crippen molar-refractivity contribution in [3.8, 4) is 44.5 Å². The van der Waals surface area contributed by atoms with Gasteiger partial charge in [-0.05, 0) is 83.3 Å². The van der Waals surface area contributed by atoms with E-state index in [2.05, 4.69) is 217 Å². The molecule has 0 aliphatic rings. The summed E-state index contributed by atoms with van der Waals surface area (Å²) in [6.07, 6.45) is 0. The standard InChI is InChI=1S/C60H42N2S2/c1-3-61-39-33-51(37-17-7-5-8-18-37)42-30-32-46(50-26-16-24-48-44-22-12-14-28-56(44)64-60(48)50)58(54(42)35-39)62(4-2)40-34-52(38-19-9-6-10-20-38)41-29-31-45(57(61)53(41)36-40)49-25-15-23-47-43-21-11-13-27-55(43)63-59(47)49/h5-36H,3-4H2,1-2H3. The van der Waals surface area contributed by atoms with Crippen molar-refractivity contribution in [1.29, 1.82) is 0 Å². The van der Waals surface area contributed by atoms with E-state index in [-0.39, 0.29) is 0 Å². The Balaban J connectivity index is 1.28. The van der Waals surface area contributed by atoms with Gasteiger partial charge in [0.15, 0.2) is 0 Å². The van der Waals surface area contributed by atoms with Crippen LogP contribution >= 0.6 is 22.7 Å². The minimum absolute atomic E-state index is 0.784. The molecule has 0 fully saturated rings. The zero-order valence-electron chi connectivity index (χ0n) is 35.6. The third kappa shape index (κ3) is 5.56. The summed E-state index contributed by atoms with van der Waals surface area (Å²) in [5, 5.41) is 10.3. The molecule has 0 amide bonds. The number of nitrogens with zero attached hydrogens (tertiary/aromatic N) is 2. The molecule has 0 aliphatic heterocycles. The summed E-state index contributed by atoms with van der Waals surface area (Å²) < 4.78 is 10.5. The van der Waals surface area contributed by atoms with Crippen molar-refractivity contribution in [2.24, 2.45) is 0 Å². The molecule has 64 heavy (non-hydrogen) atoms. The van der Waals surface area contributed by atoms with Gasteiger partial charge in [0.2, 0.25) is 0 Å². The molecule has 0 saturated carbocycles. The molecule has 13 aromatic rings. The molecule has 13 rings (SSSR count). The predicted molar refractivity (Wildman–Crippen MR) is 280 cm³/mol. The summed E-state index contributed by atoms with van der Waals surface area (Å²) in [5.74, 6) is 0. The molecule has 4 heteroatoms. The topological polar surface area (TPSA) is 9.86 Å². The fourth-order valence-electron chi connectivity index (χ4n) is 10.7. The van der Waals surface area contributed by atoms with E-state index in [0.717, 1.165) is 13.1 Å². The summed E-state index contributed by atoms with van der Waals surface area (Å²) in [7, 11) is 0. The van der Waals surface area contributed by atoms with E-state index < -0.39 is 0 Å². The first-order valence-electron chi connectivity index (χ1n) is 22.4. The Morgan fingerprint density at radius 1 is 0.312 bits per heavy atom. The van der Waals surface area contributed by atoms with Crippen molar-refractivity contribution in [2.75, 3.05) is 0 Å². The molecule has 304 valence electrons. The second-order valence-corrected chi connectivity index (χ2v) is 19.0. The Morgan fingerprint density at radius 2 is 0.719 bits per heavy atom. The van der Waals surface area contributed by atoms with Gasteiger partial charge in [0.25, 0.3) is 0 Å². The average molecular weight is 855 g/mol. The molecule has 0 spiro atoms. The molecule has 4 bridgehead atoms. The number of benzene rings is 10. The molecule has 3 heterocycles. The molecule has 0 aliphatic carbocycles. The number of fused-ring (bicyclic) bond motifs is 8. The highest BCUT2D eigenvalue weighted by Gasteiger charge is 2.22. The van der Waals surface area contributed by atoms with E-state index in [9.17, 15) is 0 Å². The van der Waals surface area contributed by atoms with E-state index in [1.54, 1.807) is 0 Å². The summed E-state index contributed by atoms with van der Waals surface area (Å²) in [6.45, 7) is 6.21. The van der Waals surface area contributed by atoms with Gasteiger partial charge in [0, 0.05) is 97.5 Å². The Hall–Kier alpha value is -7.24. The first-order valence-corrected chi connectivity index (χ1v) is 24.0. The number of hydrogen-bond acceptors (Lipinski definition) is 2. The van der Waals surface area contributed by atoms with Crippen LogP contribution in [0.2, 0.25) is 0 Å². The smallest absolute Gasteiger partial charge is 0.0571 e. The van der Waals surface area contributed by atoms with Crippen LogP contribution in [0.5, 0.6) is 0 Å². The first-order chi connectivity index (χ1) is 31.7. The van der Waals surface area contributed by atoms with Crippen molar-refractivity contribution in [2.45, 2.75) is 26.9 Å². The lowest BCUT2D eigenvalue weighted by Crippen LogP contribution is -2.05. The molecule has 0 unspecified atom stereocenters. The maximum atomic E-state index is 2.61. The highest BCUT2D eigenvalue weighted by atomic mass is 32.1. The van der Waals surface area contributed by atoms with Crippen LogP contribution < -0.4 is 0 Å². The molecule has 2 nitrogen and oxygen atoms in total. The van der Waals surface area contributed by atoms with Crippen LogP contribution in [0, 0.1) is 0 Å². The average Bonchev–Trinajstić information content (AvgIpc) is 3.93. The van der Waals surface area contributed by atoms with E-state index in [4.69, 9.17) is 0 Å². The van der Waals surface area contributed by atoms with Gasteiger partial charge in [-0.2, -0.15) is 0 Å². The molecule has 0 saturated heterocycles. The van der Waals surface area contributed by atoms with Crippen LogP contribution in [0.25, 0.3) is 128 Å².